The number of hydrogen-bond donors (Lipinski definition) is 1. The third-order valence-corrected chi connectivity index (χ3v) is 9.78. The number of rotatable bonds is 8. The summed E-state index contributed by atoms with van der Waals surface area (Å²) in [7, 11) is -4.20. The third kappa shape index (κ3) is 6.68. The summed E-state index contributed by atoms with van der Waals surface area (Å²) in [6.45, 7) is 10.0. The first-order chi connectivity index (χ1) is 19.2. The van der Waals surface area contributed by atoms with E-state index in [2.05, 4.69) is 4.72 Å². The maximum Gasteiger partial charge on any atom is 0.413 e. The van der Waals surface area contributed by atoms with E-state index in [4.69, 9.17) is 9.47 Å². The van der Waals surface area contributed by atoms with Crippen LogP contribution in [0.3, 0.4) is 0 Å². The number of hydrogen-bond acceptors (Lipinski definition) is 6. The van der Waals surface area contributed by atoms with Crippen molar-refractivity contribution in [2.24, 2.45) is 5.92 Å². The smallest absolute Gasteiger partial charge is 0.413 e. The van der Waals surface area contributed by atoms with Crippen molar-refractivity contribution in [1.82, 2.24) is 9.62 Å². The lowest BCUT2D eigenvalue weighted by Gasteiger charge is -2.44. The highest BCUT2D eigenvalue weighted by Crippen LogP contribution is 2.47. The fourth-order valence-electron chi connectivity index (χ4n) is 6.39. The Morgan fingerprint density at radius 3 is 1.95 bits per heavy atom. The van der Waals surface area contributed by atoms with E-state index in [1.165, 1.54) is 11.8 Å². The Labute approximate surface area is 244 Å². The molecule has 2 fully saturated rings. The van der Waals surface area contributed by atoms with E-state index < -0.39 is 44.5 Å². The van der Waals surface area contributed by atoms with Gasteiger partial charge in [-0.3, -0.25) is 9.69 Å². The van der Waals surface area contributed by atoms with Crippen molar-refractivity contribution in [3.05, 3.63) is 71.8 Å². The van der Waals surface area contributed by atoms with Crippen molar-refractivity contribution in [2.75, 3.05) is 0 Å². The zero-order valence-electron chi connectivity index (χ0n) is 25.1. The van der Waals surface area contributed by atoms with Crippen LogP contribution < -0.4 is 4.72 Å². The van der Waals surface area contributed by atoms with E-state index in [9.17, 15) is 18.0 Å². The van der Waals surface area contributed by atoms with Crippen LogP contribution in [-0.4, -0.2) is 48.3 Å². The van der Waals surface area contributed by atoms with Gasteiger partial charge in [-0.2, -0.15) is 4.72 Å². The standard InChI is InChI=1S/C32H44N2O6S/c1-23(35)32(22-24-16-10-7-11-17-24)28(39-31(5,6)34(32)29(36)40-30(2,3)4)33-41(37,38)27(25-18-12-8-13-19-25)26-20-14-9-15-21-26/h8-9,12-15,18-21,24,27-28,33H,7,10-11,16-17,22H2,1-6H3. The number of nitrogens with one attached hydrogen (secondary N) is 1. The van der Waals surface area contributed by atoms with Gasteiger partial charge in [0.25, 0.3) is 0 Å². The molecule has 0 aromatic heterocycles. The Bertz CT molecular complexity index is 1280. The van der Waals surface area contributed by atoms with Gasteiger partial charge in [0.05, 0.1) is 0 Å². The van der Waals surface area contributed by atoms with Gasteiger partial charge in [0, 0.05) is 0 Å². The predicted octanol–water partition coefficient (Wildman–Crippen LogP) is 6.32. The summed E-state index contributed by atoms with van der Waals surface area (Å²) in [5.74, 6) is -0.218. The van der Waals surface area contributed by atoms with Crippen LogP contribution in [0.15, 0.2) is 60.7 Å². The SMILES string of the molecule is CC(=O)C1(CC2CCCCC2)C(NS(=O)(=O)C(c2ccccc2)c2ccccc2)OC(C)(C)N1C(=O)OC(C)(C)C. The van der Waals surface area contributed by atoms with Gasteiger partial charge in [-0.15, -0.1) is 0 Å². The summed E-state index contributed by atoms with van der Waals surface area (Å²) in [6, 6.07) is 17.9. The second-order valence-electron chi connectivity index (χ2n) is 12.8. The average Bonchev–Trinajstić information content (AvgIpc) is 3.10. The molecule has 0 spiro atoms. The van der Waals surface area contributed by atoms with Gasteiger partial charge >= 0.3 is 6.09 Å². The highest BCUT2D eigenvalue weighted by molar-refractivity contribution is 7.90. The molecule has 0 radical (unpaired) electrons. The molecule has 1 aliphatic carbocycles. The molecule has 0 bridgehead atoms. The minimum absolute atomic E-state index is 0.126. The lowest BCUT2D eigenvalue weighted by Crippen LogP contribution is -2.65. The van der Waals surface area contributed by atoms with E-state index in [0.717, 1.165) is 32.1 Å². The zero-order valence-corrected chi connectivity index (χ0v) is 25.9. The Kier molecular flexibility index (Phi) is 9.02. The number of ketones is 1. The Hall–Kier alpha value is -2.75. The maximum atomic E-state index is 14.4. The molecule has 4 rings (SSSR count). The molecule has 2 aromatic rings. The first-order valence-corrected chi connectivity index (χ1v) is 16.1. The van der Waals surface area contributed by atoms with Crippen molar-refractivity contribution in [3.8, 4) is 0 Å². The fraction of sp³-hybridized carbons (Fsp3) is 0.562. The zero-order chi connectivity index (χ0) is 30.1. The van der Waals surface area contributed by atoms with Crippen LogP contribution in [0.25, 0.3) is 0 Å². The Balaban J connectivity index is 1.83. The highest BCUT2D eigenvalue weighted by atomic mass is 32.2. The quantitative estimate of drug-likeness (QED) is 0.389. The highest BCUT2D eigenvalue weighted by Gasteiger charge is 2.65. The van der Waals surface area contributed by atoms with Crippen molar-refractivity contribution in [2.45, 2.75) is 108 Å². The molecule has 1 saturated carbocycles. The van der Waals surface area contributed by atoms with Crippen LogP contribution in [0.5, 0.6) is 0 Å². The summed E-state index contributed by atoms with van der Waals surface area (Å²) < 4.78 is 43.7. The molecule has 1 saturated heterocycles. The monoisotopic (exact) mass is 584 g/mol. The molecule has 2 atom stereocenters. The second kappa shape index (κ2) is 11.9. The van der Waals surface area contributed by atoms with Crippen LogP contribution in [0.1, 0.15) is 96.4 Å². The summed E-state index contributed by atoms with van der Waals surface area (Å²) in [6.07, 6.45) is 3.21. The predicted molar refractivity (Wildman–Crippen MR) is 158 cm³/mol. The summed E-state index contributed by atoms with van der Waals surface area (Å²) in [4.78, 5) is 29.0. The second-order valence-corrected chi connectivity index (χ2v) is 14.6. The van der Waals surface area contributed by atoms with Crippen molar-refractivity contribution in [1.29, 1.82) is 0 Å². The van der Waals surface area contributed by atoms with E-state index in [1.807, 2.05) is 12.1 Å². The first kappa shape index (κ1) is 31.2. The fourth-order valence-corrected chi connectivity index (χ4v) is 8.10. The Morgan fingerprint density at radius 2 is 1.49 bits per heavy atom. The maximum absolute atomic E-state index is 14.4. The molecule has 2 aliphatic rings. The minimum atomic E-state index is -4.20. The number of carbonyl (C=O) groups is 2. The van der Waals surface area contributed by atoms with Crippen molar-refractivity contribution in [3.63, 3.8) is 0 Å². The molecular weight excluding hydrogens is 540 g/mol. The van der Waals surface area contributed by atoms with Gasteiger partial charge in [-0.25, -0.2) is 13.2 Å². The van der Waals surface area contributed by atoms with Crippen LogP contribution >= 0.6 is 0 Å². The van der Waals surface area contributed by atoms with Gasteiger partial charge in [-0.05, 0) is 65.0 Å². The number of amides is 1. The third-order valence-electron chi connectivity index (χ3n) is 8.07. The van der Waals surface area contributed by atoms with Crippen molar-refractivity contribution < 1.29 is 27.5 Å². The first-order valence-electron chi connectivity index (χ1n) is 14.5. The molecule has 1 amide bonds. The molecule has 9 heteroatoms. The van der Waals surface area contributed by atoms with Gasteiger partial charge in [0.2, 0.25) is 10.0 Å². The van der Waals surface area contributed by atoms with Crippen molar-refractivity contribution >= 4 is 21.9 Å². The number of Topliss-reactive ketones (excluding diaryl/α,β-unsaturated/α-hetero) is 1. The molecule has 224 valence electrons. The molecule has 2 unspecified atom stereocenters. The molecule has 1 N–H and O–H groups in total. The minimum Gasteiger partial charge on any atom is -0.444 e. The molecular formula is C32H44N2O6S. The van der Waals surface area contributed by atoms with Crippen LogP contribution in [0.4, 0.5) is 4.79 Å². The van der Waals surface area contributed by atoms with Gasteiger partial charge in [0.1, 0.15) is 22.1 Å². The van der Waals surface area contributed by atoms with E-state index >= 15 is 0 Å². The lowest BCUT2D eigenvalue weighted by atomic mass is 9.76. The van der Waals surface area contributed by atoms with Crippen LogP contribution in [-0.2, 0) is 24.3 Å². The summed E-state index contributed by atoms with van der Waals surface area (Å²) >= 11 is 0. The number of benzene rings is 2. The number of ether oxygens (including phenoxy) is 2. The number of nitrogens with zero attached hydrogens (tertiary/aromatic N) is 1. The van der Waals surface area contributed by atoms with Gasteiger partial charge in [-0.1, -0.05) is 92.8 Å². The summed E-state index contributed by atoms with van der Waals surface area (Å²) in [5, 5.41) is -1.06. The average molecular weight is 585 g/mol. The molecule has 1 heterocycles. The number of sulfonamides is 1. The van der Waals surface area contributed by atoms with E-state index in [-0.39, 0.29) is 18.1 Å². The van der Waals surface area contributed by atoms with Gasteiger partial charge in [0.15, 0.2) is 12.0 Å². The Morgan fingerprint density at radius 1 is 0.976 bits per heavy atom. The normalized spacial score (nSPS) is 23.5. The molecule has 2 aromatic carbocycles. The number of carbonyl (C=O) groups excluding carboxylic acids is 2. The molecule has 1 aliphatic heterocycles. The van der Waals surface area contributed by atoms with E-state index in [0.29, 0.717) is 11.1 Å². The largest absolute Gasteiger partial charge is 0.444 e. The molecule has 41 heavy (non-hydrogen) atoms. The van der Waals surface area contributed by atoms with E-state index in [1.54, 1.807) is 83.1 Å². The topological polar surface area (TPSA) is 102 Å². The van der Waals surface area contributed by atoms with Crippen LogP contribution in [0, 0.1) is 5.92 Å². The van der Waals surface area contributed by atoms with Gasteiger partial charge < -0.3 is 9.47 Å². The van der Waals surface area contributed by atoms with Crippen LogP contribution in [0.2, 0.25) is 0 Å². The summed E-state index contributed by atoms with van der Waals surface area (Å²) in [5.41, 5.74) is -2.60. The lowest BCUT2D eigenvalue weighted by molar-refractivity contribution is -0.131. The molecule has 8 nitrogen and oxygen atoms in total.